The molecule has 1 amide bonds. The number of aromatic nitrogens is 1. The van der Waals surface area contributed by atoms with Crippen LogP contribution in [0.15, 0.2) is 30.3 Å². The minimum Gasteiger partial charge on any atom is -0.337 e. The Kier molecular flexibility index (Phi) is 5.50. The summed E-state index contributed by atoms with van der Waals surface area (Å²) < 4.78 is 0. The fourth-order valence-electron chi connectivity index (χ4n) is 3.10. The van der Waals surface area contributed by atoms with Crippen molar-refractivity contribution in [2.24, 2.45) is 5.73 Å². The third-order valence-corrected chi connectivity index (χ3v) is 4.47. The van der Waals surface area contributed by atoms with Gasteiger partial charge in [0.15, 0.2) is 0 Å². The minimum absolute atomic E-state index is 0. The van der Waals surface area contributed by atoms with Gasteiger partial charge in [0.05, 0.1) is 11.1 Å². The van der Waals surface area contributed by atoms with Gasteiger partial charge in [-0.1, -0.05) is 18.2 Å². The first-order valence-electron chi connectivity index (χ1n) is 7.67. The summed E-state index contributed by atoms with van der Waals surface area (Å²) in [7, 11) is 0. The minimum atomic E-state index is 0. The molecular formula is C17H21Cl2N3O. The lowest BCUT2D eigenvalue weighted by atomic mass is 10.0. The Morgan fingerprint density at radius 1 is 1.17 bits per heavy atom. The van der Waals surface area contributed by atoms with E-state index >= 15 is 0 Å². The van der Waals surface area contributed by atoms with E-state index in [9.17, 15) is 4.79 Å². The molecule has 124 valence electrons. The maximum absolute atomic E-state index is 12.8. The van der Waals surface area contributed by atoms with Crippen molar-refractivity contribution in [2.75, 3.05) is 13.1 Å². The van der Waals surface area contributed by atoms with Gasteiger partial charge in [-0.2, -0.15) is 0 Å². The van der Waals surface area contributed by atoms with Crippen LogP contribution in [0.2, 0.25) is 0 Å². The van der Waals surface area contributed by atoms with Gasteiger partial charge in [0.25, 0.3) is 5.91 Å². The summed E-state index contributed by atoms with van der Waals surface area (Å²) in [6.07, 6.45) is 3.27. The van der Waals surface area contributed by atoms with Gasteiger partial charge in [0, 0.05) is 36.1 Å². The molecule has 1 aromatic heterocycles. The predicted octanol–water partition coefficient (Wildman–Crippen LogP) is 3.13. The average molecular weight is 354 g/mol. The van der Waals surface area contributed by atoms with Gasteiger partial charge in [-0.05, 0) is 31.4 Å². The number of carbonyl (C=O) groups is 1. The quantitative estimate of drug-likeness (QED) is 0.901. The lowest BCUT2D eigenvalue weighted by Gasteiger charge is -2.17. The molecule has 0 radical (unpaired) electrons. The molecule has 2 fully saturated rings. The van der Waals surface area contributed by atoms with Crippen LogP contribution in [0.5, 0.6) is 0 Å². The Hall–Kier alpha value is -1.36. The summed E-state index contributed by atoms with van der Waals surface area (Å²) in [6, 6.07) is 10.0. The van der Waals surface area contributed by atoms with E-state index in [0.29, 0.717) is 12.5 Å². The zero-order valence-corrected chi connectivity index (χ0v) is 14.4. The molecule has 2 aromatic rings. The molecular weight excluding hydrogens is 333 g/mol. The molecule has 23 heavy (non-hydrogen) atoms. The highest BCUT2D eigenvalue weighted by Gasteiger charge is 2.29. The summed E-state index contributed by atoms with van der Waals surface area (Å²) in [5.41, 5.74) is 8.72. The first-order chi connectivity index (χ1) is 10.2. The lowest BCUT2D eigenvalue weighted by Crippen LogP contribution is -2.32. The topological polar surface area (TPSA) is 59.2 Å². The summed E-state index contributed by atoms with van der Waals surface area (Å²) in [5.74, 6) is 0.644. The second-order valence-corrected chi connectivity index (χ2v) is 6.19. The van der Waals surface area contributed by atoms with E-state index < -0.39 is 0 Å². The molecule has 0 unspecified atom stereocenters. The molecule has 2 heterocycles. The number of hydrogen-bond acceptors (Lipinski definition) is 3. The van der Waals surface area contributed by atoms with Crippen molar-refractivity contribution in [3.8, 4) is 0 Å². The molecule has 2 N–H and O–H groups in total. The molecule has 2 aliphatic rings. The first-order valence-corrected chi connectivity index (χ1v) is 7.67. The van der Waals surface area contributed by atoms with E-state index in [1.807, 2.05) is 35.2 Å². The molecule has 1 aliphatic heterocycles. The molecule has 1 atom stereocenters. The van der Waals surface area contributed by atoms with Gasteiger partial charge < -0.3 is 10.6 Å². The molecule has 1 saturated carbocycles. The number of hydrogen-bond donors (Lipinski definition) is 1. The Labute approximate surface area is 148 Å². The van der Waals surface area contributed by atoms with Gasteiger partial charge in [-0.25, -0.2) is 0 Å². The van der Waals surface area contributed by atoms with E-state index in [2.05, 4.69) is 0 Å². The lowest BCUT2D eigenvalue weighted by molar-refractivity contribution is 0.0792. The van der Waals surface area contributed by atoms with Gasteiger partial charge >= 0.3 is 0 Å². The fourth-order valence-corrected chi connectivity index (χ4v) is 3.10. The third kappa shape index (κ3) is 3.44. The second-order valence-electron chi connectivity index (χ2n) is 6.19. The number of nitrogens with two attached hydrogens (primary N) is 1. The molecule has 0 spiro atoms. The number of nitrogens with zero attached hydrogens (tertiary/aromatic N) is 2. The number of halogens is 2. The van der Waals surface area contributed by atoms with Crippen molar-refractivity contribution in [1.82, 2.24) is 9.88 Å². The number of carbonyl (C=O) groups excluding carboxylic acids is 1. The van der Waals surface area contributed by atoms with Gasteiger partial charge in [0.1, 0.15) is 0 Å². The van der Waals surface area contributed by atoms with E-state index in [4.69, 9.17) is 10.7 Å². The zero-order valence-electron chi connectivity index (χ0n) is 12.8. The smallest absolute Gasteiger partial charge is 0.254 e. The van der Waals surface area contributed by atoms with Crippen molar-refractivity contribution in [3.05, 3.63) is 41.6 Å². The number of para-hydroxylation sites is 1. The summed E-state index contributed by atoms with van der Waals surface area (Å²) >= 11 is 0. The number of amides is 1. The molecule has 1 saturated heterocycles. The maximum Gasteiger partial charge on any atom is 0.254 e. The SMILES string of the molecule is Cl.Cl.N[C@H]1CCN(C(=O)c2cc(C3CC3)nc3ccccc23)C1. The third-order valence-electron chi connectivity index (χ3n) is 4.47. The van der Waals surface area contributed by atoms with Gasteiger partial charge in [-0.3, -0.25) is 9.78 Å². The van der Waals surface area contributed by atoms with E-state index in [1.165, 1.54) is 12.8 Å². The van der Waals surface area contributed by atoms with E-state index in [-0.39, 0.29) is 36.8 Å². The zero-order chi connectivity index (χ0) is 14.4. The fraction of sp³-hybridized carbons (Fsp3) is 0.412. The van der Waals surface area contributed by atoms with Gasteiger partial charge in [0.2, 0.25) is 0 Å². The summed E-state index contributed by atoms with van der Waals surface area (Å²) in [6.45, 7) is 1.42. The molecule has 6 heteroatoms. The van der Waals surface area contributed by atoms with Crippen molar-refractivity contribution < 1.29 is 4.79 Å². The van der Waals surface area contributed by atoms with Crippen LogP contribution >= 0.6 is 24.8 Å². The van der Waals surface area contributed by atoms with Crippen LogP contribution in [-0.4, -0.2) is 34.9 Å². The van der Waals surface area contributed by atoms with Gasteiger partial charge in [-0.15, -0.1) is 24.8 Å². The first kappa shape index (κ1) is 18.0. The number of fused-ring (bicyclic) bond motifs is 1. The van der Waals surface area contributed by atoms with Crippen molar-refractivity contribution in [3.63, 3.8) is 0 Å². The Balaban J connectivity index is 0.000000960. The normalized spacial score (nSPS) is 20.0. The van der Waals surface area contributed by atoms with Crippen molar-refractivity contribution in [1.29, 1.82) is 0 Å². The molecule has 4 nitrogen and oxygen atoms in total. The molecule has 4 rings (SSSR count). The standard InChI is InChI=1S/C17H19N3O.2ClH/c18-12-7-8-20(10-12)17(21)14-9-16(11-5-6-11)19-15-4-2-1-3-13(14)15;;/h1-4,9,11-12H,5-8,10,18H2;2*1H/t12-;;/m0../s1. The molecule has 1 aromatic carbocycles. The Morgan fingerprint density at radius 2 is 1.91 bits per heavy atom. The highest BCUT2D eigenvalue weighted by Crippen LogP contribution is 2.40. The van der Waals surface area contributed by atoms with Crippen LogP contribution in [-0.2, 0) is 0 Å². The monoisotopic (exact) mass is 353 g/mol. The maximum atomic E-state index is 12.8. The average Bonchev–Trinajstić information content (AvgIpc) is 3.27. The molecule has 1 aliphatic carbocycles. The number of pyridine rings is 1. The van der Waals surface area contributed by atoms with Crippen LogP contribution in [0.3, 0.4) is 0 Å². The highest BCUT2D eigenvalue weighted by molar-refractivity contribution is 6.06. The van der Waals surface area contributed by atoms with Crippen molar-refractivity contribution in [2.45, 2.75) is 31.2 Å². The largest absolute Gasteiger partial charge is 0.337 e. The Morgan fingerprint density at radius 3 is 2.57 bits per heavy atom. The van der Waals surface area contributed by atoms with E-state index in [1.54, 1.807) is 0 Å². The number of benzene rings is 1. The summed E-state index contributed by atoms with van der Waals surface area (Å²) in [4.78, 5) is 19.4. The predicted molar refractivity (Wildman–Crippen MR) is 96.7 cm³/mol. The van der Waals surface area contributed by atoms with E-state index in [0.717, 1.165) is 35.1 Å². The van der Waals surface area contributed by atoms with Crippen LogP contribution < -0.4 is 5.73 Å². The highest BCUT2D eigenvalue weighted by atomic mass is 35.5. The molecule has 0 bridgehead atoms. The van der Waals surface area contributed by atoms with Crippen LogP contribution in [0, 0.1) is 0 Å². The van der Waals surface area contributed by atoms with Crippen LogP contribution in [0.25, 0.3) is 10.9 Å². The Bertz CT molecular complexity index is 718. The number of likely N-dealkylation sites (tertiary alicyclic amines) is 1. The summed E-state index contributed by atoms with van der Waals surface area (Å²) in [5, 5.41) is 0.951. The van der Waals surface area contributed by atoms with Crippen LogP contribution in [0.4, 0.5) is 0 Å². The van der Waals surface area contributed by atoms with Crippen LogP contribution in [0.1, 0.15) is 41.2 Å². The second kappa shape index (κ2) is 7.04. The number of rotatable bonds is 2. The van der Waals surface area contributed by atoms with Crippen molar-refractivity contribution >= 4 is 41.6 Å².